The molecule has 1 aromatic heterocycles. The minimum Gasteiger partial charge on any atom is -0.494 e. The fourth-order valence-corrected chi connectivity index (χ4v) is 2.16. The Morgan fingerprint density at radius 2 is 1.71 bits per heavy atom. The third-order valence-corrected chi connectivity index (χ3v) is 3.27. The summed E-state index contributed by atoms with van der Waals surface area (Å²) in [4.78, 5) is 0. The van der Waals surface area contributed by atoms with E-state index in [0.717, 1.165) is 16.9 Å². The van der Waals surface area contributed by atoms with Crippen LogP contribution in [0.2, 0.25) is 5.02 Å². The second kappa shape index (κ2) is 5.97. The van der Waals surface area contributed by atoms with Gasteiger partial charge < -0.3 is 9.15 Å². The molecule has 0 saturated carbocycles. The standard InChI is InChI=1S/C16H13ClN2O2/c1-2-20-12-9-7-11(8-10-12)15-18-19-16(21-15)13-5-3-4-6-14(13)17/h3-10H,2H2,1H3. The van der Waals surface area contributed by atoms with E-state index >= 15 is 0 Å². The van der Waals surface area contributed by atoms with Gasteiger partial charge in [-0.25, -0.2) is 0 Å². The SMILES string of the molecule is CCOc1ccc(-c2nnc(-c3ccccc3Cl)o2)cc1. The highest BCUT2D eigenvalue weighted by molar-refractivity contribution is 6.33. The first-order chi connectivity index (χ1) is 10.3. The molecule has 0 bridgehead atoms. The van der Waals surface area contributed by atoms with Crippen molar-refractivity contribution in [2.45, 2.75) is 6.92 Å². The van der Waals surface area contributed by atoms with Gasteiger partial charge in [0.05, 0.1) is 17.2 Å². The molecule has 0 aliphatic carbocycles. The van der Waals surface area contributed by atoms with E-state index in [4.69, 9.17) is 20.8 Å². The van der Waals surface area contributed by atoms with Gasteiger partial charge in [0.15, 0.2) is 0 Å². The van der Waals surface area contributed by atoms with Gasteiger partial charge in [0, 0.05) is 5.56 Å². The highest BCUT2D eigenvalue weighted by Gasteiger charge is 2.12. The summed E-state index contributed by atoms with van der Waals surface area (Å²) in [6.07, 6.45) is 0. The van der Waals surface area contributed by atoms with Crippen molar-refractivity contribution in [3.05, 3.63) is 53.6 Å². The van der Waals surface area contributed by atoms with Crippen molar-refractivity contribution in [2.24, 2.45) is 0 Å². The van der Waals surface area contributed by atoms with E-state index < -0.39 is 0 Å². The molecule has 0 spiro atoms. The third kappa shape index (κ3) is 2.90. The fourth-order valence-electron chi connectivity index (χ4n) is 1.94. The first-order valence-corrected chi connectivity index (χ1v) is 6.97. The Morgan fingerprint density at radius 3 is 2.43 bits per heavy atom. The molecule has 106 valence electrons. The molecule has 3 aromatic rings. The van der Waals surface area contributed by atoms with E-state index in [0.29, 0.717) is 23.4 Å². The van der Waals surface area contributed by atoms with E-state index in [2.05, 4.69) is 10.2 Å². The molecule has 5 heteroatoms. The monoisotopic (exact) mass is 300 g/mol. The number of hydrogen-bond acceptors (Lipinski definition) is 4. The van der Waals surface area contributed by atoms with Crippen LogP contribution in [0.3, 0.4) is 0 Å². The highest BCUT2D eigenvalue weighted by atomic mass is 35.5. The Balaban J connectivity index is 1.89. The van der Waals surface area contributed by atoms with Crippen molar-refractivity contribution >= 4 is 11.6 Å². The molecule has 0 aliphatic heterocycles. The van der Waals surface area contributed by atoms with Crippen LogP contribution in [0, 0.1) is 0 Å². The third-order valence-electron chi connectivity index (χ3n) is 2.94. The Bertz CT molecular complexity index is 738. The van der Waals surface area contributed by atoms with Gasteiger partial charge in [0.1, 0.15) is 5.75 Å². The van der Waals surface area contributed by atoms with E-state index in [1.165, 1.54) is 0 Å². The number of rotatable bonds is 4. The van der Waals surface area contributed by atoms with Crippen molar-refractivity contribution in [1.29, 1.82) is 0 Å². The first kappa shape index (κ1) is 13.6. The molecule has 3 rings (SSSR count). The second-order valence-electron chi connectivity index (χ2n) is 4.35. The molecule has 0 aliphatic rings. The van der Waals surface area contributed by atoms with Crippen LogP contribution >= 0.6 is 11.6 Å². The van der Waals surface area contributed by atoms with Crippen LogP contribution in [-0.4, -0.2) is 16.8 Å². The van der Waals surface area contributed by atoms with Crippen molar-refractivity contribution in [2.75, 3.05) is 6.61 Å². The van der Waals surface area contributed by atoms with Crippen molar-refractivity contribution in [1.82, 2.24) is 10.2 Å². The van der Waals surface area contributed by atoms with Gasteiger partial charge >= 0.3 is 0 Å². The number of aromatic nitrogens is 2. The topological polar surface area (TPSA) is 48.2 Å². The van der Waals surface area contributed by atoms with Gasteiger partial charge in [-0.1, -0.05) is 23.7 Å². The van der Waals surface area contributed by atoms with Gasteiger partial charge in [-0.3, -0.25) is 0 Å². The first-order valence-electron chi connectivity index (χ1n) is 6.59. The maximum Gasteiger partial charge on any atom is 0.249 e. The summed E-state index contributed by atoms with van der Waals surface area (Å²) in [5.41, 5.74) is 1.56. The normalized spacial score (nSPS) is 10.6. The maximum atomic E-state index is 6.13. The number of ether oxygens (including phenoxy) is 1. The largest absolute Gasteiger partial charge is 0.494 e. The summed E-state index contributed by atoms with van der Waals surface area (Å²) in [5, 5.41) is 8.70. The number of nitrogens with zero attached hydrogens (tertiary/aromatic N) is 2. The van der Waals surface area contributed by atoms with Gasteiger partial charge in [0.2, 0.25) is 11.8 Å². The van der Waals surface area contributed by atoms with Crippen LogP contribution < -0.4 is 4.74 Å². The van der Waals surface area contributed by atoms with E-state index in [1.54, 1.807) is 6.07 Å². The summed E-state index contributed by atoms with van der Waals surface area (Å²) < 4.78 is 11.1. The molecule has 0 atom stereocenters. The van der Waals surface area contributed by atoms with Crippen molar-refractivity contribution < 1.29 is 9.15 Å². The van der Waals surface area contributed by atoms with E-state index in [1.807, 2.05) is 49.4 Å². The quantitative estimate of drug-likeness (QED) is 0.714. The van der Waals surface area contributed by atoms with Crippen LogP contribution in [-0.2, 0) is 0 Å². The molecule has 2 aromatic carbocycles. The smallest absolute Gasteiger partial charge is 0.249 e. The zero-order valence-corrected chi connectivity index (χ0v) is 12.2. The second-order valence-corrected chi connectivity index (χ2v) is 4.76. The molecule has 0 saturated heterocycles. The summed E-state index contributed by atoms with van der Waals surface area (Å²) >= 11 is 6.13. The fraction of sp³-hybridized carbons (Fsp3) is 0.125. The summed E-state index contributed by atoms with van der Waals surface area (Å²) in [6, 6.07) is 14.9. The van der Waals surface area contributed by atoms with Crippen LogP contribution in [0.4, 0.5) is 0 Å². The Hall–Kier alpha value is -2.33. The van der Waals surface area contributed by atoms with E-state index in [9.17, 15) is 0 Å². The lowest BCUT2D eigenvalue weighted by atomic mass is 10.2. The molecule has 0 unspecified atom stereocenters. The molecule has 0 amide bonds. The molecule has 0 fully saturated rings. The number of halogens is 1. The lowest BCUT2D eigenvalue weighted by Gasteiger charge is -2.02. The lowest BCUT2D eigenvalue weighted by molar-refractivity contribution is 0.340. The van der Waals surface area contributed by atoms with Crippen molar-refractivity contribution in [3.63, 3.8) is 0 Å². The minimum absolute atomic E-state index is 0.407. The predicted molar refractivity (Wildman–Crippen MR) is 81.3 cm³/mol. The molecule has 0 radical (unpaired) electrons. The van der Waals surface area contributed by atoms with Crippen molar-refractivity contribution in [3.8, 4) is 28.7 Å². The zero-order chi connectivity index (χ0) is 14.7. The van der Waals surface area contributed by atoms with Gasteiger partial charge in [-0.2, -0.15) is 0 Å². The predicted octanol–water partition coefficient (Wildman–Crippen LogP) is 4.46. The molecule has 0 N–H and O–H groups in total. The molecule has 4 nitrogen and oxygen atoms in total. The van der Waals surface area contributed by atoms with Crippen LogP contribution in [0.25, 0.3) is 22.9 Å². The molecule has 21 heavy (non-hydrogen) atoms. The van der Waals surface area contributed by atoms with Gasteiger partial charge in [-0.15, -0.1) is 10.2 Å². The maximum absolute atomic E-state index is 6.13. The Labute approximate surface area is 127 Å². The van der Waals surface area contributed by atoms with Gasteiger partial charge in [-0.05, 0) is 43.3 Å². The Kier molecular flexibility index (Phi) is 3.88. The zero-order valence-electron chi connectivity index (χ0n) is 11.4. The van der Waals surface area contributed by atoms with Crippen LogP contribution in [0.15, 0.2) is 52.9 Å². The summed E-state index contributed by atoms with van der Waals surface area (Å²) in [7, 11) is 0. The number of hydrogen-bond donors (Lipinski definition) is 0. The van der Waals surface area contributed by atoms with Crippen LogP contribution in [0.5, 0.6) is 5.75 Å². The average Bonchev–Trinajstić information content (AvgIpc) is 2.98. The average molecular weight is 301 g/mol. The lowest BCUT2D eigenvalue weighted by Crippen LogP contribution is -1.90. The summed E-state index contributed by atoms with van der Waals surface area (Å²) in [6.45, 7) is 2.58. The molecular formula is C16H13ClN2O2. The van der Waals surface area contributed by atoms with Crippen LogP contribution in [0.1, 0.15) is 6.92 Å². The minimum atomic E-state index is 0.407. The molecular weight excluding hydrogens is 288 g/mol. The number of benzene rings is 2. The summed E-state index contributed by atoms with van der Waals surface area (Å²) in [5.74, 6) is 1.67. The molecule has 1 heterocycles. The highest BCUT2D eigenvalue weighted by Crippen LogP contribution is 2.29. The van der Waals surface area contributed by atoms with Gasteiger partial charge in [0.25, 0.3) is 0 Å². The van der Waals surface area contributed by atoms with E-state index in [-0.39, 0.29) is 0 Å². The Morgan fingerprint density at radius 1 is 1.00 bits per heavy atom.